The summed E-state index contributed by atoms with van der Waals surface area (Å²) in [5.74, 6) is -17.2. The van der Waals surface area contributed by atoms with Gasteiger partial charge in [0.05, 0.1) is 12.5 Å². The van der Waals surface area contributed by atoms with Gasteiger partial charge in [0.1, 0.15) is 5.76 Å². The highest BCUT2D eigenvalue weighted by atomic mass is 32.2. The van der Waals surface area contributed by atoms with Gasteiger partial charge in [0.25, 0.3) is 0 Å². The highest BCUT2D eigenvalue weighted by Crippen LogP contribution is 2.55. The molecule has 0 heterocycles. The molecule has 0 spiro atoms. The lowest BCUT2D eigenvalue weighted by molar-refractivity contribution is -0.382. The predicted octanol–water partition coefficient (Wildman–Crippen LogP) is 4.01. The lowest BCUT2D eigenvalue weighted by atomic mass is 9.93. The SMILES string of the molecule is CCOC(=O)C1CC=C(OS(=O)(=O)C(F)(F)C(F)(F)C(F)(F)C(F)(F)F)CC1. The molecule has 0 radical (unpaired) electrons. The summed E-state index contributed by atoms with van der Waals surface area (Å²) in [6.45, 7) is 1.49. The zero-order valence-electron chi connectivity index (χ0n) is 13.8. The Labute approximate surface area is 152 Å². The second-order valence-corrected chi connectivity index (χ2v) is 7.18. The first kappa shape index (κ1) is 24.4. The summed E-state index contributed by atoms with van der Waals surface area (Å²) in [7, 11) is -6.96. The Kier molecular flexibility index (Phi) is 6.64. The third kappa shape index (κ3) is 4.17. The van der Waals surface area contributed by atoms with Crippen LogP contribution in [-0.4, -0.2) is 44.3 Å². The van der Waals surface area contributed by atoms with Gasteiger partial charge in [0.2, 0.25) is 0 Å². The van der Waals surface area contributed by atoms with Crippen LogP contribution < -0.4 is 0 Å². The van der Waals surface area contributed by atoms with Crippen LogP contribution in [-0.2, 0) is 23.8 Å². The summed E-state index contributed by atoms with van der Waals surface area (Å²) < 4.78 is 146. The minimum absolute atomic E-state index is 0.00546. The molecule has 5 nitrogen and oxygen atoms in total. The maximum Gasteiger partial charge on any atom is 0.460 e. The summed E-state index contributed by atoms with van der Waals surface area (Å²) in [5, 5.41) is -6.92. The van der Waals surface area contributed by atoms with Gasteiger partial charge >= 0.3 is 39.4 Å². The van der Waals surface area contributed by atoms with Crippen molar-refractivity contribution in [3.05, 3.63) is 11.8 Å². The first-order valence-corrected chi connectivity index (χ1v) is 8.83. The van der Waals surface area contributed by atoms with Gasteiger partial charge in [-0.3, -0.25) is 4.79 Å². The topological polar surface area (TPSA) is 69.7 Å². The van der Waals surface area contributed by atoms with Crippen molar-refractivity contribution in [2.75, 3.05) is 6.61 Å². The van der Waals surface area contributed by atoms with Gasteiger partial charge in [-0.25, -0.2) is 0 Å². The summed E-state index contributed by atoms with van der Waals surface area (Å²) in [4.78, 5) is 11.5. The van der Waals surface area contributed by atoms with Crippen LogP contribution >= 0.6 is 0 Å². The molecule has 0 aromatic rings. The summed E-state index contributed by atoms with van der Waals surface area (Å²) >= 11 is 0. The van der Waals surface area contributed by atoms with Crippen LogP contribution in [0.4, 0.5) is 39.5 Å². The molecule has 0 aromatic heterocycles. The molecule has 1 aliphatic carbocycles. The quantitative estimate of drug-likeness (QED) is 0.332. The number of esters is 1. The van der Waals surface area contributed by atoms with Crippen molar-refractivity contribution in [1.29, 1.82) is 0 Å². The molecule has 1 rings (SSSR count). The van der Waals surface area contributed by atoms with E-state index in [0.29, 0.717) is 0 Å². The molecule has 15 heteroatoms. The molecule has 0 amide bonds. The van der Waals surface area contributed by atoms with E-state index in [-0.39, 0.29) is 19.4 Å². The average Bonchev–Trinajstić information content (AvgIpc) is 2.53. The Morgan fingerprint density at radius 2 is 1.61 bits per heavy atom. The van der Waals surface area contributed by atoms with Crippen LogP contribution in [0.25, 0.3) is 0 Å². The third-order valence-corrected chi connectivity index (χ3v) is 4.95. The fourth-order valence-corrected chi connectivity index (χ4v) is 3.05. The molecule has 0 aromatic carbocycles. The predicted molar refractivity (Wildman–Crippen MR) is 73.0 cm³/mol. The minimum atomic E-state index is -7.37. The molecule has 0 fully saturated rings. The summed E-state index contributed by atoms with van der Waals surface area (Å²) in [5.41, 5.74) is 0. The van der Waals surface area contributed by atoms with E-state index in [1.165, 1.54) is 6.92 Å². The number of alkyl halides is 9. The molecule has 0 saturated heterocycles. The minimum Gasteiger partial charge on any atom is -0.466 e. The van der Waals surface area contributed by atoms with Crippen LogP contribution in [0.15, 0.2) is 11.8 Å². The van der Waals surface area contributed by atoms with Crippen molar-refractivity contribution in [1.82, 2.24) is 0 Å². The highest BCUT2D eigenvalue weighted by molar-refractivity contribution is 7.88. The summed E-state index contributed by atoms with van der Waals surface area (Å²) in [6, 6.07) is 0. The van der Waals surface area contributed by atoms with Crippen molar-refractivity contribution in [2.45, 2.75) is 49.5 Å². The van der Waals surface area contributed by atoms with Crippen LogP contribution in [0.2, 0.25) is 0 Å². The van der Waals surface area contributed by atoms with Gasteiger partial charge in [-0.1, -0.05) is 0 Å². The number of ether oxygens (including phenoxy) is 1. The van der Waals surface area contributed by atoms with E-state index in [9.17, 15) is 52.7 Å². The van der Waals surface area contributed by atoms with Gasteiger partial charge in [-0.15, -0.1) is 0 Å². The molecule has 1 unspecified atom stereocenters. The van der Waals surface area contributed by atoms with E-state index in [1.54, 1.807) is 0 Å². The fourth-order valence-electron chi connectivity index (χ4n) is 2.07. The summed E-state index contributed by atoms with van der Waals surface area (Å²) in [6.07, 6.45) is -7.53. The molecular formula is C13H13F9O5S. The van der Waals surface area contributed by atoms with Crippen molar-refractivity contribution < 1.29 is 61.6 Å². The van der Waals surface area contributed by atoms with Crippen LogP contribution in [0.5, 0.6) is 0 Å². The van der Waals surface area contributed by atoms with E-state index >= 15 is 0 Å². The number of carbonyl (C=O) groups excluding carboxylic acids is 1. The zero-order chi connectivity index (χ0) is 22.2. The maximum absolute atomic E-state index is 13.5. The Bertz CT molecular complexity index is 727. The first-order chi connectivity index (χ1) is 12.4. The van der Waals surface area contributed by atoms with E-state index < -0.39 is 57.5 Å². The van der Waals surface area contributed by atoms with Crippen LogP contribution in [0.1, 0.15) is 26.2 Å². The number of hydrogen-bond acceptors (Lipinski definition) is 5. The molecule has 164 valence electrons. The van der Waals surface area contributed by atoms with Crippen molar-refractivity contribution in [2.24, 2.45) is 5.92 Å². The molecule has 0 aliphatic heterocycles. The molecule has 0 bridgehead atoms. The van der Waals surface area contributed by atoms with Gasteiger partial charge in [-0.2, -0.15) is 47.9 Å². The third-order valence-electron chi connectivity index (χ3n) is 3.64. The first-order valence-electron chi connectivity index (χ1n) is 7.42. The standard InChI is InChI=1S/C13H13F9O5S/c1-2-26-9(23)7-3-5-8(6-4-7)27-28(24,25)13(21,22)11(16,17)10(14,15)12(18,19)20/h5,7H,2-4,6H2,1H3. The Hall–Kier alpha value is -1.67. The molecular weight excluding hydrogens is 439 g/mol. The van der Waals surface area contributed by atoms with E-state index in [2.05, 4.69) is 8.92 Å². The lowest BCUT2D eigenvalue weighted by Crippen LogP contribution is -2.63. The molecule has 0 N–H and O–H groups in total. The van der Waals surface area contributed by atoms with Crippen LogP contribution in [0.3, 0.4) is 0 Å². The number of carbonyl (C=O) groups is 1. The van der Waals surface area contributed by atoms with Crippen LogP contribution in [0, 0.1) is 5.92 Å². The number of allylic oxidation sites excluding steroid dienone is 2. The van der Waals surface area contributed by atoms with Gasteiger partial charge in [-0.05, 0) is 25.8 Å². The largest absolute Gasteiger partial charge is 0.466 e. The molecule has 1 atom stereocenters. The average molecular weight is 452 g/mol. The maximum atomic E-state index is 13.5. The van der Waals surface area contributed by atoms with Crippen molar-refractivity contribution >= 4 is 16.1 Å². The Morgan fingerprint density at radius 1 is 1.07 bits per heavy atom. The smallest absolute Gasteiger partial charge is 0.460 e. The van der Waals surface area contributed by atoms with Gasteiger partial charge < -0.3 is 8.92 Å². The van der Waals surface area contributed by atoms with E-state index in [0.717, 1.165) is 6.08 Å². The second-order valence-electron chi connectivity index (χ2n) is 5.59. The van der Waals surface area contributed by atoms with Gasteiger partial charge in [0.15, 0.2) is 0 Å². The molecule has 0 saturated carbocycles. The fraction of sp³-hybridized carbons (Fsp3) is 0.769. The number of halogens is 9. The Morgan fingerprint density at radius 3 is 2.00 bits per heavy atom. The van der Waals surface area contributed by atoms with E-state index in [1.807, 2.05) is 0 Å². The van der Waals surface area contributed by atoms with Crippen molar-refractivity contribution in [3.63, 3.8) is 0 Å². The normalized spacial score (nSPS) is 19.8. The number of rotatable bonds is 7. The monoisotopic (exact) mass is 452 g/mol. The zero-order valence-corrected chi connectivity index (χ0v) is 14.7. The van der Waals surface area contributed by atoms with Crippen molar-refractivity contribution in [3.8, 4) is 0 Å². The Balaban J connectivity index is 3.08. The highest BCUT2D eigenvalue weighted by Gasteiger charge is 2.86. The molecule has 1 aliphatic rings. The van der Waals surface area contributed by atoms with E-state index in [4.69, 9.17) is 0 Å². The molecule has 28 heavy (non-hydrogen) atoms. The number of hydrogen-bond donors (Lipinski definition) is 0. The lowest BCUT2D eigenvalue weighted by Gasteiger charge is -2.33. The second kappa shape index (κ2) is 7.63. The van der Waals surface area contributed by atoms with Gasteiger partial charge in [0, 0.05) is 6.42 Å².